The van der Waals surface area contributed by atoms with Gasteiger partial charge in [0, 0.05) is 0 Å². The Kier molecular flexibility index (Phi) is 9.30. The Morgan fingerprint density at radius 2 is 0.952 bits per heavy atom. The topological polar surface area (TPSA) is 93.1 Å². The van der Waals surface area contributed by atoms with Crippen molar-refractivity contribution in [2.24, 2.45) is 0 Å². The second-order valence-electron chi connectivity index (χ2n) is 3.39. The molecule has 112 valence electrons. The number of carbonyl (C=O) groups excluding carboxylic acids is 2. The van der Waals surface area contributed by atoms with Crippen LogP contribution in [0.1, 0.15) is 0 Å². The van der Waals surface area contributed by atoms with Gasteiger partial charge in [-0.25, -0.2) is 0 Å². The lowest BCUT2D eigenvalue weighted by Crippen LogP contribution is -2.05. The van der Waals surface area contributed by atoms with Crippen LogP contribution in [0.2, 0.25) is 0 Å². The highest BCUT2D eigenvalue weighted by atomic mass is 16.7. The number of phenolic OH excluding ortho intramolecular Hbond substituents is 2. The Labute approximate surface area is 122 Å². The molecule has 0 aliphatic carbocycles. The molecular formula is C15H16O6. The lowest BCUT2D eigenvalue weighted by atomic mass is 10.3. The average Bonchev–Trinajstić information content (AvgIpc) is 2.55. The van der Waals surface area contributed by atoms with E-state index in [4.69, 9.17) is 29.3 Å². The molecule has 6 heteroatoms. The molecule has 2 aromatic rings. The molecule has 0 aliphatic heterocycles. The zero-order valence-corrected chi connectivity index (χ0v) is 11.3. The maximum absolute atomic E-state index is 9.08. The van der Waals surface area contributed by atoms with Crippen LogP contribution in [0, 0.1) is 0 Å². The maximum atomic E-state index is 9.08. The molecular weight excluding hydrogens is 276 g/mol. The number of ether oxygens (including phenoxy) is 2. The Morgan fingerprint density at radius 1 is 0.667 bits per heavy atom. The number of rotatable bonds is 4. The van der Waals surface area contributed by atoms with Gasteiger partial charge in [-0.15, -0.1) is 0 Å². The molecule has 0 aliphatic rings. The number of carbonyl (C=O) groups is 2. The molecule has 0 heterocycles. The third-order valence-electron chi connectivity index (χ3n) is 2.12. The van der Waals surface area contributed by atoms with Gasteiger partial charge < -0.3 is 29.3 Å². The van der Waals surface area contributed by atoms with Crippen LogP contribution in [0.3, 0.4) is 0 Å². The summed E-state index contributed by atoms with van der Waals surface area (Å²) in [5.41, 5.74) is 0. The fourth-order valence-corrected chi connectivity index (χ4v) is 1.25. The van der Waals surface area contributed by atoms with E-state index in [9.17, 15) is 0 Å². The van der Waals surface area contributed by atoms with Gasteiger partial charge in [0.05, 0.1) is 0 Å². The van der Waals surface area contributed by atoms with Crippen LogP contribution in [-0.2, 0) is 9.59 Å². The van der Waals surface area contributed by atoms with Crippen molar-refractivity contribution in [1.82, 2.24) is 0 Å². The van der Waals surface area contributed by atoms with Crippen molar-refractivity contribution >= 4 is 13.6 Å². The molecule has 2 rings (SSSR count). The van der Waals surface area contributed by atoms with Gasteiger partial charge in [0.25, 0.3) is 0 Å². The first-order valence-electron chi connectivity index (χ1n) is 5.65. The summed E-state index contributed by atoms with van der Waals surface area (Å²) in [4.78, 5) is 16.0. The Morgan fingerprint density at radius 3 is 1.24 bits per heavy atom. The fraction of sp³-hybridized carbons (Fsp3) is 0.0667. The van der Waals surface area contributed by atoms with Crippen LogP contribution in [0.5, 0.6) is 23.0 Å². The Balaban J connectivity index is 0.000000921. The normalized spacial score (nSPS) is 8.38. The van der Waals surface area contributed by atoms with Gasteiger partial charge in [-0.2, -0.15) is 0 Å². The summed E-state index contributed by atoms with van der Waals surface area (Å²) in [6.45, 7) is 4.07. The molecule has 0 saturated carbocycles. The monoisotopic (exact) mass is 292 g/mol. The standard InChI is InChI=1S/C13H12O4.2CH2O/c14-10-1-5-12(6-2-10)16-9-17-13-7-3-11(15)4-8-13;2*1-2/h1-8,14-15H,9H2;2*1H2. The Bertz CT molecular complexity index is 447. The predicted molar refractivity (Wildman–Crippen MR) is 76.6 cm³/mol. The van der Waals surface area contributed by atoms with Gasteiger partial charge in [0.15, 0.2) is 0 Å². The zero-order chi connectivity index (χ0) is 16.1. The first-order valence-corrected chi connectivity index (χ1v) is 5.65. The minimum absolute atomic E-state index is 0.0650. The van der Waals surface area contributed by atoms with E-state index in [1.807, 2.05) is 13.6 Å². The molecule has 0 saturated heterocycles. The van der Waals surface area contributed by atoms with Crippen molar-refractivity contribution in [3.05, 3.63) is 48.5 Å². The van der Waals surface area contributed by atoms with Crippen molar-refractivity contribution in [2.45, 2.75) is 0 Å². The van der Waals surface area contributed by atoms with E-state index >= 15 is 0 Å². The van der Waals surface area contributed by atoms with Gasteiger partial charge in [-0.1, -0.05) is 0 Å². The number of hydrogen-bond donors (Lipinski definition) is 2. The molecule has 0 bridgehead atoms. The molecule has 0 fully saturated rings. The zero-order valence-electron chi connectivity index (χ0n) is 11.3. The van der Waals surface area contributed by atoms with Crippen molar-refractivity contribution in [3.8, 4) is 23.0 Å². The largest absolute Gasteiger partial charge is 0.508 e. The van der Waals surface area contributed by atoms with E-state index < -0.39 is 0 Å². The highest BCUT2D eigenvalue weighted by molar-refractivity contribution is 5.31. The molecule has 0 radical (unpaired) electrons. The molecule has 0 unspecified atom stereocenters. The first-order chi connectivity index (χ1) is 10.2. The first kappa shape index (κ1) is 18.0. The van der Waals surface area contributed by atoms with Gasteiger partial charge in [0.2, 0.25) is 6.79 Å². The third-order valence-corrected chi connectivity index (χ3v) is 2.12. The lowest BCUT2D eigenvalue weighted by Gasteiger charge is -2.08. The average molecular weight is 292 g/mol. The van der Waals surface area contributed by atoms with Crippen LogP contribution < -0.4 is 9.47 Å². The Hall–Kier alpha value is -3.02. The summed E-state index contributed by atoms with van der Waals surface area (Å²) in [5, 5.41) is 18.2. The van der Waals surface area contributed by atoms with Crippen LogP contribution in [0.15, 0.2) is 48.5 Å². The van der Waals surface area contributed by atoms with Gasteiger partial charge in [-0.05, 0) is 48.5 Å². The summed E-state index contributed by atoms with van der Waals surface area (Å²) < 4.78 is 10.6. The van der Waals surface area contributed by atoms with Crippen LogP contribution in [0.25, 0.3) is 0 Å². The molecule has 0 aromatic heterocycles. The van der Waals surface area contributed by atoms with E-state index in [0.29, 0.717) is 11.5 Å². The summed E-state index contributed by atoms with van der Waals surface area (Å²) in [5.74, 6) is 1.61. The molecule has 2 N–H and O–H groups in total. The maximum Gasteiger partial charge on any atom is 0.230 e. The molecule has 0 amide bonds. The van der Waals surface area contributed by atoms with Crippen molar-refractivity contribution in [3.63, 3.8) is 0 Å². The SMILES string of the molecule is C=O.C=O.Oc1ccc(OCOc2ccc(O)cc2)cc1. The van der Waals surface area contributed by atoms with Crippen LogP contribution in [0.4, 0.5) is 0 Å². The van der Waals surface area contributed by atoms with E-state index in [2.05, 4.69) is 0 Å². The summed E-state index contributed by atoms with van der Waals surface area (Å²) in [7, 11) is 0. The molecule has 2 aromatic carbocycles. The highest BCUT2D eigenvalue weighted by Gasteiger charge is 1.96. The van der Waals surface area contributed by atoms with E-state index in [1.165, 1.54) is 24.3 Å². The summed E-state index contributed by atoms with van der Waals surface area (Å²) in [6.07, 6.45) is 0. The quantitative estimate of drug-likeness (QED) is 0.839. The van der Waals surface area contributed by atoms with Gasteiger partial charge >= 0.3 is 0 Å². The number of benzene rings is 2. The van der Waals surface area contributed by atoms with E-state index in [-0.39, 0.29) is 18.3 Å². The predicted octanol–water partition coefficient (Wildman–Crippen LogP) is 2.14. The second kappa shape index (κ2) is 10.9. The van der Waals surface area contributed by atoms with Crippen LogP contribution >= 0.6 is 0 Å². The molecule has 6 nitrogen and oxygen atoms in total. The summed E-state index contributed by atoms with van der Waals surface area (Å²) >= 11 is 0. The third kappa shape index (κ3) is 7.22. The van der Waals surface area contributed by atoms with E-state index in [0.717, 1.165) is 0 Å². The number of aromatic hydroxyl groups is 2. The van der Waals surface area contributed by atoms with Crippen molar-refractivity contribution < 1.29 is 29.3 Å². The molecule has 21 heavy (non-hydrogen) atoms. The number of phenols is 2. The van der Waals surface area contributed by atoms with Gasteiger partial charge in [0.1, 0.15) is 36.6 Å². The highest BCUT2D eigenvalue weighted by Crippen LogP contribution is 2.18. The molecule has 0 spiro atoms. The molecule has 0 atom stereocenters. The number of hydrogen-bond acceptors (Lipinski definition) is 6. The lowest BCUT2D eigenvalue weighted by molar-refractivity contribution is -0.0987. The summed E-state index contributed by atoms with van der Waals surface area (Å²) in [6, 6.07) is 12.7. The smallest absolute Gasteiger partial charge is 0.230 e. The van der Waals surface area contributed by atoms with E-state index in [1.54, 1.807) is 24.3 Å². The second-order valence-corrected chi connectivity index (χ2v) is 3.39. The van der Waals surface area contributed by atoms with Crippen molar-refractivity contribution in [2.75, 3.05) is 6.79 Å². The fourth-order valence-electron chi connectivity index (χ4n) is 1.25. The minimum atomic E-state index is 0.0650. The minimum Gasteiger partial charge on any atom is -0.508 e. The van der Waals surface area contributed by atoms with Gasteiger partial charge in [-0.3, -0.25) is 0 Å². The van der Waals surface area contributed by atoms with Crippen LogP contribution in [-0.4, -0.2) is 30.6 Å². The van der Waals surface area contributed by atoms with Crippen molar-refractivity contribution in [1.29, 1.82) is 0 Å².